The summed E-state index contributed by atoms with van der Waals surface area (Å²) in [5, 5.41) is 0. The van der Waals surface area contributed by atoms with Gasteiger partial charge in [0.15, 0.2) is 6.61 Å². The molecule has 0 radical (unpaired) electrons. The molecule has 7 heteroatoms. The van der Waals surface area contributed by atoms with Gasteiger partial charge in [-0.25, -0.2) is 5.48 Å². The average Bonchev–Trinajstić information content (AvgIpc) is 2.70. The van der Waals surface area contributed by atoms with Gasteiger partial charge >= 0.3 is 6.18 Å². The molecule has 1 aromatic rings. The van der Waals surface area contributed by atoms with Crippen LogP contribution in [0, 0.1) is 0 Å². The van der Waals surface area contributed by atoms with Gasteiger partial charge in [-0.1, -0.05) is 18.2 Å². The molecule has 1 unspecified atom stereocenters. The van der Waals surface area contributed by atoms with Crippen LogP contribution >= 0.6 is 0 Å². The molecule has 0 saturated carbocycles. The van der Waals surface area contributed by atoms with Crippen LogP contribution in [0.3, 0.4) is 0 Å². The Morgan fingerprint density at radius 1 is 1.44 bits per heavy atom. The summed E-state index contributed by atoms with van der Waals surface area (Å²) in [6.07, 6.45) is -4.47. The zero-order valence-electron chi connectivity index (χ0n) is 9.16. The van der Waals surface area contributed by atoms with Crippen LogP contribution in [0.1, 0.15) is 11.5 Å². The first kappa shape index (κ1) is 12.7. The van der Waals surface area contributed by atoms with Gasteiger partial charge in [0.05, 0.1) is 0 Å². The van der Waals surface area contributed by atoms with Gasteiger partial charge < -0.3 is 4.74 Å². The van der Waals surface area contributed by atoms with Crippen molar-refractivity contribution in [2.24, 2.45) is 0 Å². The third kappa shape index (κ3) is 2.92. The molecule has 98 valence electrons. The summed E-state index contributed by atoms with van der Waals surface area (Å²) >= 11 is 0. The summed E-state index contributed by atoms with van der Waals surface area (Å²) < 4.78 is 40.7. The highest BCUT2D eigenvalue weighted by Crippen LogP contribution is 2.33. The number of hydrogen-bond donors (Lipinski definition) is 1. The van der Waals surface area contributed by atoms with Crippen molar-refractivity contribution >= 4 is 5.91 Å². The Hall–Kier alpha value is -1.76. The molecule has 0 fully saturated rings. The maximum atomic E-state index is 11.8. The zero-order chi connectivity index (χ0) is 13.2. The Morgan fingerprint density at radius 2 is 2.17 bits per heavy atom. The van der Waals surface area contributed by atoms with E-state index in [0.717, 1.165) is 0 Å². The monoisotopic (exact) mass is 261 g/mol. The Labute approximate surface area is 101 Å². The molecule has 1 heterocycles. The van der Waals surface area contributed by atoms with E-state index in [0.29, 0.717) is 11.3 Å². The molecule has 2 rings (SSSR count). The minimum atomic E-state index is -4.47. The molecule has 1 N–H and O–H groups in total. The standard InChI is InChI=1S/C11H10F3NO3/c12-11(13,14)6-18-15-10(16)8-5-17-9-4-2-1-3-7(8)9/h1-4,8H,5-6H2,(H,15,16). The predicted octanol–water partition coefficient (Wildman–Crippen LogP) is 1.77. The molecule has 1 aromatic carbocycles. The van der Waals surface area contributed by atoms with Gasteiger partial charge in [-0.2, -0.15) is 13.2 Å². The lowest BCUT2D eigenvalue weighted by Gasteiger charge is -2.11. The number of amides is 1. The topological polar surface area (TPSA) is 47.6 Å². The van der Waals surface area contributed by atoms with Crippen molar-refractivity contribution < 1.29 is 27.5 Å². The number of hydrogen-bond acceptors (Lipinski definition) is 3. The highest BCUT2D eigenvalue weighted by molar-refractivity contribution is 5.84. The van der Waals surface area contributed by atoms with Gasteiger partial charge in [-0.3, -0.25) is 9.63 Å². The van der Waals surface area contributed by atoms with Crippen molar-refractivity contribution in [1.29, 1.82) is 0 Å². The van der Waals surface area contributed by atoms with Crippen LogP contribution in [-0.2, 0) is 9.63 Å². The fourth-order valence-corrected chi connectivity index (χ4v) is 1.64. The number of para-hydroxylation sites is 1. The summed E-state index contributed by atoms with van der Waals surface area (Å²) in [4.78, 5) is 15.7. The van der Waals surface area contributed by atoms with E-state index in [4.69, 9.17) is 4.74 Å². The van der Waals surface area contributed by atoms with Gasteiger partial charge in [0.1, 0.15) is 18.3 Å². The molecule has 0 spiro atoms. The smallest absolute Gasteiger partial charge is 0.414 e. The normalized spacial score (nSPS) is 18.1. The first-order chi connectivity index (χ1) is 8.47. The molecule has 0 aliphatic carbocycles. The second kappa shape index (κ2) is 4.85. The minimum Gasteiger partial charge on any atom is -0.492 e. The molecule has 18 heavy (non-hydrogen) atoms. The SMILES string of the molecule is O=C(NOCC(F)(F)F)C1COc2ccccc21. The number of nitrogens with one attached hydrogen (secondary N) is 1. The van der Waals surface area contributed by atoms with E-state index in [1.165, 1.54) is 0 Å². The lowest BCUT2D eigenvalue weighted by molar-refractivity contribution is -0.192. The number of alkyl halides is 3. The number of rotatable bonds is 3. The van der Waals surface area contributed by atoms with Crippen molar-refractivity contribution in [2.45, 2.75) is 12.1 Å². The van der Waals surface area contributed by atoms with Gasteiger partial charge in [0.2, 0.25) is 0 Å². The number of hydroxylamine groups is 1. The third-order valence-corrected chi connectivity index (χ3v) is 2.43. The lowest BCUT2D eigenvalue weighted by atomic mass is 10.0. The first-order valence-electron chi connectivity index (χ1n) is 5.17. The summed E-state index contributed by atoms with van der Waals surface area (Å²) in [5.41, 5.74) is 2.43. The summed E-state index contributed by atoms with van der Waals surface area (Å²) in [5.74, 6) is -0.730. The molecule has 0 aromatic heterocycles. The summed E-state index contributed by atoms with van der Waals surface area (Å²) in [7, 11) is 0. The van der Waals surface area contributed by atoms with Crippen LogP contribution in [0.2, 0.25) is 0 Å². The third-order valence-electron chi connectivity index (χ3n) is 2.43. The van der Waals surface area contributed by atoms with Crippen LogP contribution < -0.4 is 10.2 Å². The molecule has 1 atom stereocenters. The molecular formula is C11H10F3NO3. The van der Waals surface area contributed by atoms with Gasteiger partial charge in [0, 0.05) is 5.56 Å². The minimum absolute atomic E-state index is 0.0978. The van der Waals surface area contributed by atoms with Crippen LogP contribution in [0.4, 0.5) is 13.2 Å². The Morgan fingerprint density at radius 3 is 2.89 bits per heavy atom. The van der Waals surface area contributed by atoms with Gasteiger partial charge in [-0.05, 0) is 6.07 Å². The largest absolute Gasteiger partial charge is 0.492 e. The molecular weight excluding hydrogens is 251 g/mol. The summed E-state index contributed by atoms with van der Waals surface area (Å²) in [6, 6.07) is 6.86. The molecule has 1 amide bonds. The van der Waals surface area contributed by atoms with Crippen molar-refractivity contribution in [2.75, 3.05) is 13.2 Å². The fourth-order valence-electron chi connectivity index (χ4n) is 1.64. The van der Waals surface area contributed by atoms with Crippen molar-refractivity contribution in [3.63, 3.8) is 0 Å². The Kier molecular flexibility index (Phi) is 3.42. The van der Waals surface area contributed by atoms with Crippen LogP contribution in [0.15, 0.2) is 24.3 Å². The van der Waals surface area contributed by atoms with E-state index in [9.17, 15) is 18.0 Å². The van der Waals surface area contributed by atoms with E-state index in [1.807, 2.05) is 0 Å². The van der Waals surface area contributed by atoms with E-state index < -0.39 is 24.6 Å². The maximum absolute atomic E-state index is 11.8. The quantitative estimate of drug-likeness (QED) is 0.843. The highest BCUT2D eigenvalue weighted by atomic mass is 19.4. The van der Waals surface area contributed by atoms with Gasteiger partial charge in [-0.15, -0.1) is 0 Å². The number of fused-ring (bicyclic) bond motifs is 1. The second-order valence-electron chi connectivity index (χ2n) is 3.77. The number of carbonyl (C=O) groups is 1. The number of halogens is 3. The molecule has 0 saturated heterocycles. The predicted molar refractivity (Wildman–Crippen MR) is 54.8 cm³/mol. The summed E-state index contributed by atoms with van der Waals surface area (Å²) in [6.45, 7) is -1.42. The van der Waals surface area contributed by atoms with Crippen LogP contribution in [0.25, 0.3) is 0 Å². The number of benzene rings is 1. The number of ether oxygens (including phenoxy) is 1. The first-order valence-corrected chi connectivity index (χ1v) is 5.17. The Bertz CT molecular complexity index is 447. The molecule has 0 bridgehead atoms. The van der Waals surface area contributed by atoms with Crippen molar-refractivity contribution in [3.05, 3.63) is 29.8 Å². The average molecular weight is 261 g/mol. The highest BCUT2D eigenvalue weighted by Gasteiger charge is 2.32. The van der Waals surface area contributed by atoms with Crippen molar-refractivity contribution in [3.8, 4) is 5.75 Å². The van der Waals surface area contributed by atoms with Crippen LogP contribution in [-0.4, -0.2) is 25.3 Å². The molecule has 1 aliphatic rings. The molecule has 4 nitrogen and oxygen atoms in total. The fraction of sp³-hybridized carbons (Fsp3) is 0.364. The lowest BCUT2D eigenvalue weighted by Crippen LogP contribution is -2.33. The van der Waals surface area contributed by atoms with Crippen molar-refractivity contribution in [1.82, 2.24) is 5.48 Å². The van der Waals surface area contributed by atoms with E-state index in [-0.39, 0.29) is 6.61 Å². The second-order valence-corrected chi connectivity index (χ2v) is 3.77. The van der Waals surface area contributed by atoms with E-state index in [1.54, 1.807) is 29.7 Å². The van der Waals surface area contributed by atoms with Crippen LogP contribution in [0.5, 0.6) is 5.75 Å². The molecule has 1 aliphatic heterocycles. The number of carbonyl (C=O) groups excluding carboxylic acids is 1. The Balaban J connectivity index is 1.92. The van der Waals surface area contributed by atoms with E-state index in [2.05, 4.69) is 4.84 Å². The maximum Gasteiger partial charge on any atom is 0.414 e. The van der Waals surface area contributed by atoms with Gasteiger partial charge in [0.25, 0.3) is 5.91 Å². The zero-order valence-corrected chi connectivity index (χ0v) is 9.16. The van der Waals surface area contributed by atoms with E-state index >= 15 is 0 Å².